The molecule has 0 fully saturated rings. The lowest BCUT2D eigenvalue weighted by Crippen LogP contribution is -2.27. The Hall–Kier alpha value is -1.32. The molecule has 1 aromatic rings. The van der Waals surface area contributed by atoms with Crippen molar-refractivity contribution in [1.29, 1.82) is 0 Å². The van der Waals surface area contributed by atoms with Gasteiger partial charge < -0.3 is 14.2 Å². The zero-order chi connectivity index (χ0) is 13.1. The average molecular weight is 250 g/mol. The summed E-state index contributed by atoms with van der Waals surface area (Å²) < 4.78 is 16.7. The quantitative estimate of drug-likeness (QED) is 0.472. The maximum Gasteiger partial charge on any atom is 0.119 e. The number of ether oxygens (including phenoxy) is 3. The summed E-state index contributed by atoms with van der Waals surface area (Å²) in [5.41, 5.74) is 0. The van der Waals surface area contributed by atoms with Crippen molar-refractivity contribution in [3.8, 4) is 5.75 Å². The van der Waals surface area contributed by atoms with Crippen molar-refractivity contribution < 1.29 is 14.2 Å². The maximum atomic E-state index is 5.66. The van der Waals surface area contributed by atoms with Crippen LogP contribution in [-0.4, -0.2) is 32.5 Å². The molecule has 1 rings (SSSR count). The van der Waals surface area contributed by atoms with Crippen molar-refractivity contribution in [2.24, 2.45) is 0 Å². The number of hydrogen-bond acceptors (Lipinski definition) is 3. The van der Waals surface area contributed by atoms with Gasteiger partial charge in [0.05, 0.1) is 13.2 Å². The molecule has 100 valence electrons. The van der Waals surface area contributed by atoms with Crippen LogP contribution >= 0.6 is 0 Å². The highest BCUT2D eigenvalue weighted by molar-refractivity contribution is 5.20. The minimum Gasteiger partial charge on any atom is -0.491 e. The lowest BCUT2D eigenvalue weighted by molar-refractivity contribution is -0.0272. The zero-order valence-corrected chi connectivity index (χ0v) is 11.0. The molecule has 0 N–H and O–H groups in total. The minimum atomic E-state index is -0.0604. The molecule has 3 heteroatoms. The zero-order valence-electron chi connectivity index (χ0n) is 11.0. The van der Waals surface area contributed by atoms with Crippen molar-refractivity contribution in [2.75, 3.05) is 26.4 Å². The van der Waals surface area contributed by atoms with Gasteiger partial charge in [0.15, 0.2) is 0 Å². The first kappa shape index (κ1) is 14.7. The van der Waals surface area contributed by atoms with Crippen LogP contribution in [0.4, 0.5) is 0 Å². The smallest absolute Gasteiger partial charge is 0.119 e. The molecule has 1 aromatic carbocycles. The molecular weight excluding hydrogens is 228 g/mol. The summed E-state index contributed by atoms with van der Waals surface area (Å²) >= 11 is 0. The Morgan fingerprint density at radius 1 is 1.22 bits per heavy atom. The number of rotatable bonds is 10. The van der Waals surface area contributed by atoms with Crippen molar-refractivity contribution in [3.63, 3.8) is 0 Å². The Kier molecular flexibility index (Phi) is 7.93. The van der Waals surface area contributed by atoms with Gasteiger partial charge in [0.25, 0.3) is 0 Å². The molecule has 1 atom stereocenters. The highest BCUT2D eigenvalue weighted by Crippen LogP contribution is 2.09. The third-order valence-corrected chi connectivity index (χ3v) is 2.28. The maximum absolute atomic E-state index is 5.66. The second-order valence-corrected chi connectivity index (χ2v) is 3.94. The Balaban J connectivity index is 2.32. The van der Waals surface area contributed by atoms with E-state index in [0.29, 0.717) is 19.8 Å². The SMILES string of the molecule is C=CCOC(COCCC)COc1ccccc1. The first-order valence-corrected chi connectivity index (χ1v) is 6.35. The van der Waals surface area contributed by atoms with Gasteiger partial charge in [0.1, 0.15) is 18.5 Å². The minimum absolute atomic E-state index is 0.0604. The van der Waals surface area contributed by atoms with E-state index in [1.165, 1.54) is 0 Å². The van der Waals surface area contributed by atoms with Crippen LogP contribution in [0, 0.1) is 0 Å². The standard InChI is InChI=1S/C15H22O3/c1-3-10-16-12-15(17-11-4-2)13-18-14-8-6-5-7-9-14/h4-9,15H,2-3,10-13H2,1H3. The molecule has 0 aromatic heterocycles. The van der Waals surface area contributed by atoms with Crippen LogP contribution in [-0.2, 0) is 9.47 Å². The predicted molar refractivity (Wildman–Crippen MR) is 73.0 cm³/mol. The molecule has 3 nitrogen and oxygen atoms in total. The summed E-state index contributed by atoms with van der Waals surface area (Å²) in [6.45, 7) is 8.02. The van der Waals surface area contributed by atoms with Gasteiger partial charge in [-0.25, -0.2) is 0 Å². The number of benzene rings is 1. The largest absolute Gasteiger partial charge is 0.491 e. The molecule has 18 heavy (non-hydrogen) atoms. The first-order valence-electron chi connectivity index (χ1n) is 6.35. The van der Waals surface area contributed by atoms with Gasteiger partial charge >= 0.3 is 0 Å². The van der Waals surface area contributed by atoms with Gasteiger partial charge in [-0.15, -0.1) is 6.58 Å². The van der Waals surface area contributed by atoms with E-state index in [9.17, 15) is 0 Å². The van der Waals surface area contributed by atoms with Crippen LogP contribution < -0.4 is 4.74 Å². The highest BCUT2D eigenvalue weighted by atomic mass is 16.6. The van der Waals surface area contributed by atoms with E-state index in [4.69, 9.17) is 14.2 Å². The van der Waals surface area contributed by atoms with Crippen molar-refractivity contribution in [2.45, 2.75) is 19.4 Å². The van der Waals surface area contributed by atoms with Crippen LogP contribution in [0.3, 0.4) is 0 Å². The summed E-state index contributed by atoms with van der Waals surface area (Å²) in [6, 6.07) is 9.71. The fourth-order valence-electron chi connectivity index (χ4n) is 1.41. The lowest BCUT2D eigenvalue weighted by atomic mass is 10.3. The molecular formula is C15H22O3. The Morgan fingerprint density at radius 3 is 2.67 bits per heavy atom. The van der Waals surface area contributed by atoms with E-state index in [1.54, 1.807) is 6.08 Å². The average Bonchev–Trinajstić information content (AvgIpc) is 2.42. The third-order valence-electron chi connectivity index (χ3n) is 2.28. The molecule has 1 unspecified atom stereocenters. The second kappa shape index (κ2) is 9.68. The molecule has 0 bridgehead atoms. The van der Waals surface area contributed by atoms with Crippen LogP contribution in [0.25, 0.3) is 0 Å². The van der Waals surface area contributed by atoms with Gasteiger partial charge in [-0.2, -0.15) is 0 Å². The van der Waals surface area contributed by atoms with Crippen molar-refractivity contribution in [1.82, 2.24) is 0 Å². The van der Waals surface area contributed by atoms with E-state index >= 15 is 0 Å². The number of para-hydroxylation sites is 1. The Morgan fingerprint density at radius 2 is 2.00 bits per heavy atom. The summed E-state index contributed by atoms with van der Waals surface area (Å²) in [7, 11) is 0. The van der Waals surface area contributed by atoms with Gasteiger partial charge in [0.2, 0.25) is 0 Å². The molecule has 0 amide bonds. The second-order valence-electron chi connectivity index (χ2n) is 3.94. The third kappa shape index (κ3) is 6.42. The molecule has 0 aliphatic heterocycles. The molecule has 0 spiro atoms. The Bertz CT molecular complexity index is 311. The first-order chi connectivity index (χ1) is 8.86. The van der Waals surface area contributed by atoms with E-state index in [2.05, 4.69) is 13.5 Å². The molecule has 0 radical (unpaired) electrons. The summed E-state index contributed by atoms with van der Waals surface area (Å²) in [5, 5.41) is 0. The van der Waals surface area contributed by atoms with E-state index in [0.717, 1.165) is 18.8 Å². The molecule has 0 saturated carbocycles. The monoisotopic (exact) mass is 250 g/mol. The van der Waals surface area contributed by atoms with Crippen LogP contribution in [0.5, 0.6) is 5.75 Å². The fourth-order valence-corrected chi connectivity index (χ4v) is 1.41. The predicted octanol–water partition coefficient (Wildman–Crippen LogP) is 3.06. The topological polar surface area (TPSA) is 27.7 Å². The van der Waals surface area contributed by atoms with Gasteiger partial charge in [-0.05, 0) is 18.6 Å². The van der Waals surface area contributed by atoms with E-state index in [1.807, 2.05) is 30.3 Å². The van der Waals surface area contributed by atoms with E-state index < -0.39 is 0 Å². The van der Waals surface area contributed by atoms with Crippen LogP contribution in [0.15, 0.2) is 43.0 Å². The molecule has 0 aliphatic carbocycles. The highest BCUT2D eigenvalue weighted by Gasteiger charge is 2.09. The molecule has 0 heterocycles. The fraction of sp³-hybridized carbons (Fsp3) is 0.467. The Labute approximate surface area is 109 Å². The molecule has 0 aliphatic rings. The van der Waals surface area contributed by atoms with Gasteiger partial charge in [-0.1, -0.05) is 31.2 Å². The number of hydrogen-bond donors (Lipinski definition) is 0. The van der Waals surface area contributed by atoms with Gasteiger partial charge in [0, 0.05) is 6.61 Å². The van der Waals surface area contributed by atoms with Gasteiger partial charge in [-0.3, -0.25) is 0 Å². The van der Waals surface area contributed by atoms with E-state index in [-0.39, 0.29) is 6.10 Å². The lowest BCUT2D eigenvalue weighted by Gasteiger charge is -2.17. The summed E-state index contributed by atoms with van der Waals surface area (Å²) in [6.07, 6.45) is 2.68. The van der Waals surface area contributed by atoms with Crippen molar-refractivity contribution >= 4 is 0 Å². The van der Waals surface area contributed by atoms with Crippen LogP contribution in [0.2, 0.25) is 0 Å². The normalized spacial score (nSPS) is 12.1. The van der Waals surface area contributed by atoms with Crippen molar-refractivity contribution in [3.05, 3.63) is 43.0 Å². The summed E-state index contributed by atoms with van der Waals surface area (Å²) in [5.74, 6) is 0.847. The summed E-state index contributed by atoms with van der Waals surface area (Å²) in [4.78, 5) is 0. The molecule has 0 saturated heterocycles. The van der Waals surface area contributed by atoms with Crippen LogP contribution in [0.1, 0.15) is 13.3 Å².